The Morgan fingerprint density at radius 1 is 1.62 bits per heavy atom. The zero-order valence-corrected chi connectivity index (χ0v) is 9.72. The van der Waals surface area contributed by atoms with E-state index < -0.39 is 12.1 Å². The molecule has 1 rings (SSSR count). The van der Waals surface area contributed by atoms with Crippen LogP contribution in [0.2, 0.25) is 0 Å². The summed E-state index contributed by atoms with van der Waals surface area (Å²) in [4.78, 5) is 13.3. The van der Waals surface area contributed by atoms with Crippen LogP contribution >= 0.6 is 0 Å². The first-order valence-electron chi connectivity index (χ1n) is 5.25. The molecule has 0 radical (unpaired) electrons. The summed E-state index contributed by atoms with van der Waals surface area (Å²) in [5.41, 5.74) is 0. The van der Waals surface area contributed by atoms with Gasteiger partial charge in [-0.3, -0.25) is 9.69 Å². The maximum absolute atomic E-state index is 11.5. The van der Waals surface area contributed by atoms with Crippen LogP contribution in [0.4, 0.5) is 0 Å². The van der Waals surface area contributed by atoms with E-state index in [9.17, 15) is 9.90 Å². The minimum absolute atomic E-state index is 0.255. The third-order valence-corrected chi connectivity index (χ3v) is 2.52. The van der Waals surface area contributed by atoms with E-state index in [1.165, 1.54) is 14.2 Å². The third kappa shape index (κ3) is 3.71. The Kier molecular flexibility index (Phi) is 5.68. The molecule has 16 heavy (non-hydrogen) atoms. The minimum atomic E-state index is -0.602. The lowest BCUT2D eigenvalue weighted by molar-refractivity contribution is -0.154. The molecule has 6 heteroatoms. The molecule has 6 nitrogen and oxygen atoms in total. The van der Waals surface area contributed by atoms with Gasteiger partial charge in [0.25, 0.3) is 0 Å². The Morgan fingerprint density at radius 3 is 3.00 bits per heavy atom. The standard InChI is InChI=1S/C10H19NO5/c1-14-6-8(12)5-11-3-4-16-7-9(11)10(13)15-2/h8-9,12H,3-7H2,1-2H3. The van der Waals surface area contributed by atoms with Crippen LogP contribution in [-0.2, 0) is 19.0 Å². The average molecular weight is 233 g/mol. The van der Waals surface area contributed by atoms with Crippen molar-refractivity contribution in [3.63, 3.8) is 0 Å². The first kappa shape index (κ1) is 13.4. The molecule has 2 atom stereocenters. The topological polar surface area (TPSA) is 68.2 Å². The van der Waals surface area contributed by atoms with E-state index >= 15 is 0 Å². The minimum Gasteiger partial charge on any atom is -0.468 e. The summed E-state index contributed by atoms with van der Waals surface area (Å²) in [5, 5.41) is 9.61. The summed E-state index contributed by atoms with van der Waals surface area (Å²) in [5.74, 6) is -0.329. The number of esters is 1. The highest BCUT2D eigenvalue weighted by Gasteiger charge is 2.31. The number of rotatable bonds is 5. The van der Waals surface area contributed by atoms with E-state index in [-0.39, 0.29) is 12.6 Å². The Labute approximate surface area is 95.1 Å². The number of methoxy groups -OCH3 is 2. The van der Waals surface area contributed by atoms with E-state index in [0.29, 0.717) is 26.3 Å². The lowest BCUT2D eigenvalue weighted by Crippen LogP contribution is -2.53. The lowest BCUT2D eigenvalue weighted by atomic mass is 10.2. The fourth-order valence-corrected chi connectivity index (χ4v) is 1.73. The van der Waals surface area contributed by atoms with Gasteiger partial charge in [0.15, 0.2) is 0 Å². The highest BCUT2D eigenvalue weighted by Crippen LogP contribution is 2.09. The molecule has 94 valence electrons. The molecule has 0 aliphatic carbocycles. The predicted molar refractivity (Wildman–Crippen MR) is 56.1 cm³/mol. The number of carbonyl (C=O) groups excluding carboxylic acids is 1. The normalized spacial score (nSPS) is 24.1. The molecule has 0 bridgehead atoms. The molecular formula is C10H19NO5. The van der Waals surface area contributed by atoms with Crippen molar-refractivity contribution in [2.75, 3.05) is 47.1 Å². The van der Waals surface area contributed by atoms with Gasteiger partial charge in [0.05, 0.1) is 33.0 Å². The van der Waals surface area contributed by atoms with Crippen molar-refractivity contribution in [2.45, 2.75) is 12.1 Å². The smallest absolute Gasteiger partial charge is 0.325 e. The summed E-state index contributed by atoms with van der Waals surface area (Å²) >= 11 is 0. The van der Waals surface area contributed by atoms with Gasteiger partial charge in [0.2, 0.25) is 0 Å². The van der Waals surface area contributed by atoms with Crippen molar-refractivity contribution in [1.82, 2.24) is 4.90 Å². The first-order valence-corrected chi connectivity index (χ1v) is 5.25. The van der Waals surface area contributed by atoms with E-state index in [4.69, 9.17) is 9.47 Å². The van der Waals surface area contributed by atoms with E-state index in [2.05, 4.69) is 4.74 Å². The molecule has 1 fully saturated rings. The van der Waals surface area contributed by atoms with Gasteiger partial charge in [-0.15, -0.1) is 0 Å². The number of carbonyl (C=O) groups is 1. The zero-order chi connectivity index (χ0) is 12.0. The highest BCUT2D eigenvalue weighted by atomic mass is 16.5. The number of ether oxygens (including phenoxy) is 3. The van der Waals surface area contributed by atoms with Gasteiger partial charge in [0, 0.05) is 20.2 Å². The Morgan fingerprint density at radius 2 is 2.38 bits per heavy atom. The highest BCUT2D eigenvalue weighted by molar-refractivity contribution is 5.75. The second-order valence-electron chi connectivity index (χ2n) is 3.72. The Bertz CT molecular complexity index is 223. The van der Waals surface area contributed by atoms with Gasteiger partial charge in [-0.1, -0.05) is 0 Å². The van der Waals surface area contributed by atoms with Gasteiger partial charge >= 0.3 is 5.97 Å². The maximum atomic E-state index is 11.5. The third-order valence-electron chi connectivity index (χ3n) is 2.52. The molecule has 0 aromatic heterocycles. The summed E-state index contributed by atoms with van der Waals surface area (Å²) in [6.45, 7) is 2.13. The van der Waals surface area contributed by atoms with E-state index in [1.807, 2.05) is 4.90 Å². The molecule has 1 saturated heterocycles. The van der Waals surface area contributed by atoms with Crippen molar-refractivity contribution in [3.05, 3.63) is 0 Å². The fourth-order valence-electron chi connectivity index (χ4n) is 1.73. The van der Waals surface area contributed by atoms with Crippen LogP contribution in [0.1, 0.15) is 0 Å². The van der Waals surface area contributed by atoms with Crippen molar-refractivity contribution < 1.29 is 24.1 Å². The van der Waals surface area contributed by atoms with Crippen LogP contribution in [0.3, 0.4) is 0 Å². The Hall–Kier alpha value is -0.690. The van der Waals surface area contributed by atoms with E-state index in [1.54, 1.807) is 0 Å². The van der Waals surface area contributed by atoms with Crippen LogP contribution in [0.5, 0.6) is 0 Å². The van der Waals surface area contributed by atoms with Crippen LogP contribution < -0.4 is 0 Å². The van der Waals surface area contributed by atoms with Crippen LogP contribution in [0.15, 0.2) is 0 Å². The zero-order valence-electron chi connectivity index (χ0n) is 9.72. The number of morpholine rings is 1. The number of hydrogen-bond acceptors (Lipinski definition) is 6. The maximum Gasteiger partial charge on any atom is 0.325 e. The molecule has 1 N–H and O–H groups in total. The molecule has 0 aromatic carbocycles. The number of nitrogens with zero attached hydrogens (tertiary/aromatic N) is 1. The van der Waals surface area contributed by atoms with Crippen molar-refractivity contribution >= 4 is 5.97 Å². The van der Waals surface area contributed by atoms with Crippen molar-refractivity contribution in [3.8, 4) is 0 Å². The number of hydrogen-bond donors (Lipinski definition) is 1. The van der Waals surface area contributed by atoms with Gasteiger partial charge in [-0.2, -0.15) is 0 Å². The monoisotopic (exact) mass is 233 g/mol. The Balaban J connectivity index is 2.49. The van der Waals surface area contributed by atoms with Crippen LogP contribution in [-0.4, -0.2) is 75.3 Å². The lowest BCUT2D eigenvalue weighted by Gasteiger charge is -2.34. The SMILES string of the molecule is COCC(O)CN1CCOCC1C(=O)OC. The van der Waals surface area contributed by atoms with Gasteiger partial charge in [0.1, 0.15) is 6.04 Å². The quantitative estimate of drug-likeness (QED) is 0.606. The van der Waals surface area contributed by atoms with Gasteiger partial charge in [-0.05, 0) is 0 Å². The number of β-amino-alcohol motifs (C(OH)–C–C–N with tert-alkyl or cyclic N) is 1. The average Bonchev–Trinajstić information content (AvgIpc) is 2.29. The summed E-state index contributed by atoms with van der Waals surface area (Å²) in [6.07, 6.45) is -0.602. The van der Waals surface area contributed by atoms with Crippen molar-refractivity contribution in [1.29, 1.82) is 0 Å². The summed E-state index contributed by atoms with van der Waals surface area (Å²) < 4.78 is 14.8. The molecule has 0 spiro atoms. The summed E-state index contributed by atoms with van der Waals surface area (Å²) in [7, 11) is 2.88. The first-order chi connectivity index (χ1) is 7.69. The molecule has 1 aliphatic heterocycles. The summed E-state index contributed by atoms with van der Waals surface area (Å²) in [6, 6.07) is -0.426. The van der Waals surface area contributed by atoms with E-state index in [0.717, 1.165) is 0 Å². The molecule has 0 aromatic rings. The largest absolute Gasteiger partial charge is 0.468 e. The molecule has 2 unspecified atom stereocenters. The van der Waals surface area contributed by atoms with Crippen LogP contribution in [0.25, 0.3) is 0 Å². The van der Waals surface area contributed by atoms with Crippen LogP contribution in [0, 0.1) is 0 Å². The molecular weight excluding hydrogens is 214 g/mol. The second-order valence-corrected chi connectivity index (χ2v) is 3.72. The molecule has 0 amide bonds. The predicted octanol–water partition coefficient (Wildman–Crippen LogP) is -1.13. The molecule has 1 aliphatic rings. The second kappa shape index (κ2) is 6.80. The fraction of sp³-hybridized carbons (Fsp3) is 0.900. The van der Waals surface area contributed by atoms with Gasteiger partial charge < -0.3 is 19.3 Å². The number of aliphatic hydroxyl groups excluding tert-OH is 1. The van der Waals surface area contributed by atoms with Gasteiger partial charge in [-0.25, -0.2) is 0 Å². The molecule has 0 saturated carbocycles. The number of aliphatic hydroxyl groups is 1. The van der Waals surface area contributed by atoms with Crippen molar-refractivity contribution in [2.24, 2.45) is 0 Å². The molecule has 1 heterocycles.